The molecule has 1 fully saturated rings. The van der Waals surface area contributed by atoms with E-state index in [4.69, 9.17) is 4.74 Å². The highest BCUT2D eigenvalue weighted by Gasteiger charge is 2.16. The van der Waals surface area contributed by atoms with Crippen molar-refractivity contribution in [2.24, 2.45) is 0 Å². The molecule has 0 saturated carbocycles. The molecule has 104 valence electrons. The minimum Gasteiger partial charge on any atom is -0.379 e. The van der Waals surface area contributed by atoms with Gasteiger partial charge in [-0.1, -0.05) is 12.1 Å². The van der Waals surface area contributed by atoms with E-state index >= 15 is 0 Å². The molecule has 5 heteroatoms. The number of amides is 1. The first-order valence-corrected chi connectivity index (χ1v) is 7.60. The molecule has 1 N–H and O–H groups in total. The number of carbonyl (C=O) groups is 1. The first-order valence-electron chi connectivity index (χ1n) is 6.52. The molecule has 1 aliphatic rings. The molecule has 1 aromatic carbocycles. The van der Waals surface area contributed by atoms with Crippen molar-refractivity contribution < 1.29 is 9.53 Å². The molecule has 0 spiro atoms. The standard InChI is InChI=1S/C14H19IN2O2/c1-11(10-17-6-8-19-9-7-17)16-14(18)12-4-2-3-5-13(12)15/h2-5,11H,6-10H2,1H3,(H,16,18). The van der Waals surface area contributed by atoms with E-state index < -0.39 is 0 Å². The van der Waals surface area contributed by atoms with Crippen LogP contribution in [0, 0.1) is 3.57 Å². The third kappa shape index (κ3) is 4.43. The molecule has 0 aliphatic carbocycles. The zero-order chi connectivity index (χ0) is 13.7. The number of nitrogens with zero attached hydrogens (tertiary/aromatic N) is 1. The van der Waals surface area contributed by atoms with Crippen molar-refractivity contribution in [1.82, 2.24) is 10.2 Å². The fraction of sp³-hybridized carbons (Fsp3) is 0.500. The zero-order valence-electron chi connectivity index (χ0n) is 11.1. The third-order valence-corrected chi connectivity index (χ3v) is 4.07. The van der Waals surface area contributed by atoms with Gasteiger partial charge in [0.25, 0.3) is 5.91 Å². The molecular formula is C14H19IN2O2. The molecule has 1 aromatic rings. The topological polar surface area (TPSA) is 41.6 Å². The lowest BCUT2D eigenvalue weighted by atomic mass is 10.2. The molecule has 0 aromatic heterocycles. The van der Waals surface area contributed by atoms with Crippen LogP contribution in [0.5, 0.6) is 0 Å². The van der Waals surface area contributed by atoms with Crippen molar-refractivity contribution in [2.45, 2.75) is 13.0 Å². The zero-order valence-corrected chi connectivity index (χ0v) is 13.2. The fourth-order valence-electron chi connectivity index (χ4n) is 2.16. The lowest BCUT2D eigenvalue weighted by Crippen LogP contribution is -2.46. The molecule has 19 heavy (non-hydrogen) atoms. The van der Waals surface area contributed by atoms with Crippen LogP contribution >= 0.6 is 22.6 Å². The number of rotatable bonds is 4. The summed E-state index contributed by atoms with van der Waals surface area (Å²) >= 11 is 2.19. The quantitative estimate of drug-likeness (QED) is 0.817. The molecule has 1 heterocycles. The average molecular weight is 374 g/mol. The number of benzene rings is 1. The number of hydrogen-bond acceptors (Lipinski definition) is 3. The van der Waals surface area contributed by atoms with Gasteiger partial charge in [-0.25, -0.2) is 0 Å². The van der Waals surface area contributed by atoms with Gasteiger partial charge in [-0.2, -0.15) is 0 Å². The number of ether oxygens (including phenoxy) is 1. The van der Waals surface area contributed by atoms with Gasteiger partial charge in [0, 0.05) is 29.2 Å². The van der Waals surface area contributed by atoms with Crippen LogP contribution in [0.4, 0.5) is 0 Å². The van der Waals surface area contributed by atoms with Gasteiger partial charge in [0.1, 0.15) is 0 Å². The second kappa shape index (κ2) is 7.21. The maximum Gasteiger partial charge on any atom is 0.252 e. The summed E-state index contributed by atoms with van der Waals surface area (Å²) in [6.07, 6.45) is 0. The highest BCUT2D eigenvalue weighted by atomic mass is 127. The molecule has 0 radical (unpaired) electrons. The Morgan fingerprint density at radius 1 is 1.42 bits per heavy atom. The van der Waals surface area contributed by atoms with E-state index in [1.54, 1.807) is 0 Å². The number of hydrogen-bond donors (Lipinski definition) is 1. The van der Waals surface area contributed by atoms with Crippen LogP contribution in [0.1, 0.15) is 17.3 Å². The molecule has 2 rings (SSSR count). The van der Waals surface area contributed by atoms with E-state index in [0.717, 1.165) is 42.0 Å². The summed E-state index contributed by atoms with van der Waals surface area (Å²) in [4.78, 5) is 14.5. The summed E-state index contributed by atoms with van der Waals surface area (Å²) in [7, 11) is 0. The number of nitrogens with one attached hydrogen (secondary N) is 1. The largest absolute Gasteiger partial charge is 0.379 e. The van der Waals surface area contributed by atoms with Gasteiger partial charge in [0.15, 0.2) is 0 Å². The number of halogens is 1. The summed E-state index contributed by atoms with van der Waals surface area (Å²) in [5.74, 6) is 0.00533. The van der Waals surface area contributed by atoms with Crippen molar-refractivity contribution in [3.63, 3.8) is 0 Å². The lowest BCUT2D eigenvalue weighted by molar-refractivity contribution is 0.0342. The Labute approximate surface area is 127 Å². The van der Waals surface area contributed by atoms with Crippen LogP contribution in [0.15, 0.2) is 24.3 Å². The van der Waals surface area contributed by atoms with E-state index in [9.17, 15) is 4.79 Å². The van der Waals surface area contributed by atoms with E-state index in [1.807, 2.05) is 31.2 Å². The molecule has 1 saturated heterocycles. The van der Waals surface area contributed by atoms with E-state index in [1.165, 1.54) is 0 Å². The van der Waals surface area contributed by atoms with Gasteiger partial charge in [-0.05, 0) is 41.6 Å². The van der Waals surface area contributed by atoms with Crippen LogP contribution in [0.3, 0.4) is 0 Å². The number of morpholine rings is 1. The monoisotopic (exact) mass is 374 g/mol. The van der Waals surface area contributed by atoms with Gasteiger partial charge in [0.05, 0.1) is 18.8 Å². The van der Waals surface area contributed by atoms with Gasteiger partial charge in [-0.3, -0.25) is 9.69 Å². The van der Waals surface area contributed by atoms with Gasteiger partial charge in [0.2, 0.25) is 0 Å². The Morgan fingerprint density at radius 3 is 2.79 bits per heavy atom. The molecule has 1 atom stereocenters. The number of carbonyl (C=O) groups excluding carboxylic acids is 1. The highest BCUT2D eigenvalue weighted by Crippen LogP contribution is 2.11. The van der Waals surface area contributed by atoms with Crippen LogP contribution in [-0.2, 0) is 4.74 Å². The SMILES string of the molecule is CC(CN1CCOCC1)NC(=O)c1ccccc1I. The summed E-state index contributed by atoms with van der Waals surface area (Å²) in [6, 6.07) is 7.78. The molecule has 1 aliphatic heterocycles. The Balaban J connectivity index is 1.86. The molecule has 1 unspecified atom stereocenters. The van der Waals surface area contributed by atoms with Crippen molar-refractivity contribution in [3.05, 3.63) is 33.4 Å². The summed E-state index contributed by atoms with van der Waals surface area (Å²) in [5.41, 5.74) is 0.747. The highest BCUT2D eigenvalue weighted by molar-refractivity contribution is 14.1. The molecular weight excluding hydrogens is 355 g/mol. The van der Waals surface area contributed by atoms with Crippen molar-refractivity contribution in [2.75, 3.05) is 32.8 Å². The maximum absolute atomic E-state index is 12.2. The molecule has 0 bridgehead atoms. The Morgan fingerprint density at radius 2 is 2.11 bits per heavy atom. The van der Waals surface area contributed by atoms with Crippen LogP contribution in [-0.4, -0.2) is 49.7 Å². The van der Waals surface area contributed by atoms with Crippen molar-refractivity contribution in [3.8, 4) is 0 Å². The maximum atomic E-state index is 12.2. The lowest BCUT2D eigenvalue weighted by Gasteiger charge is -2.29. The van der Waals surface area contributed by atoms with Gasteiger partial charge < -0.3 is 10.1 Å². The minimum absolute atomic E-state index is 0.00533. The predicted octanol–water partition coefficient (Wildman–Crippen LogP) is 1.74. The summed E-state index contributed by atoms with van der Waals surface area (Å²) in [6.45, 7) is 6.39. The van der Waals surface area contributed by atoms with Gasteiger partial charge in [-0.15, -0.1) is 0 Å². The second-order valence-corrected chi connectivity index (χ2v) is 5.93. The molecule has 1 amide bonds. The first-order chi connectivity index (χ1) is 9.16. The van der Waals surface area contributed by atoms with E-state index in [-0.39, 0.29) is 11.9 Å². The average Bonchev–Trinajstić information content (AvgIpc) is 2.40. The van der Waals surface area contributed by atoms with Crippen LogP contribution in [0.25, 0.3) is 0 Å². The Bertz CT molecular complexity index is 433. The normalized spacial score (nSPS) is 18.0. The van der Waals surface area contributed by atoms with Crippen molar-refractivity contribution >= 4 is 28.5 Å². The smallest absolute Gasteiger partial charge is 0.252 e. The Kier molecular flexibility index (Phi) is 5.59. The predicted molar refractivity (Wildman–Crippen MR) is 83.3 cm³/mol. The van der Waals surface area contributed by atoms with Crippen LogP contribution in [0.2, 0.25) is 0 Å². The summed E-state index contributed by atoms with van der Waals surface area (Å²) < 4.78 is 6.30. The molecule has 4 nitrogen and oxygen atoms in total. The fourth-order valence-corrected chi connectivity index (χ4v) is 2.80. The minimum atomic E-state index is 0.00533. The van der Waals surface area contributed by atoms with Crippen LogP contribution < -0.4 is 5.32 Å². The van der Waals surface area contributed by atoms with E-state index in [0.29, 0.717) is 0 Å². The summed E-state index contributed by atoms with van der Waals surface area (Å²) in [5, 5.41) is 3.06. The third-order valence-electron chi connectivity index (χ3n) is 3.13. The first kappa shape index (κ1) is 14.7. The second-order valence-electron chi connectivity index (χ2n) is 4.77. The van der Waals surface area contributed by atoms with Crippen molar-refractivity contribution in [1.29, 1.82) is 0 Å². The van der Waals surface area contributed by atoms with Gasteiger partial charge >= 0.3 is 0 Å². The Hall–Kier alpha value is -0.660. The van der Waals surface area contributed by atoms with E-state index in [2.05, 4.69) is 32.8 Å².